The summed E-state index contributed by atoms with van der Waals surface area (Å²) in [6.07, 6.45) is 3.39. The number of nitrogens with one attached hydrogen (secondary N) is 2. The van der Waals surface area contributed by atoms with E-state index >= 15 is 0 Å². The Morgan fingerprint density at radius 3 is 3.26 bits per heavy atom. The van der Waals surface area contributed by atoms with Crippen LogP contribution in [-0.2, 0) is 11.3 Å². The van der Waals surface area contributed by atoms with Gasteiger partial charge in [0.2, 0.25) is 5.91 Å². The van der Waals surface area contributed by atoms with Crippen LogP contribution in [0.3, 0.4) is 0 Å². The normalized spacial score (nSPS) is 16.8. The van der Waals surface area contributed by atoms with Gasteiger partial charge in [-0.2, -0.15) is 0 Å². The van der Waals surface area contributed by atoms with Crippen LogP contribution in [0.4, 0.5) is 0 Å². The molecule has 1 aromatic heterocycles. The minimum atomic E-state index is -0.262. The third-order valence-electron chi connectivity index (χ3n) is 3.05. The lowest BCUT2D eigenvalue weighted by Crippen LogP contribution is -2.30. The van der Waals surface area contributed by atoms with Crippen molar-refractivity contribution < 1.29 is 9.53 Å². The molecular formula is C13H12BrN3O2. The number of benzene rings is 1. The second kappa shape index (κ2) is 5.05. The van der Waals surface area contributed by atoms with Crippen LogP contribution in [0, 0.1) is 0 Å². The van der Waals surface area contributed by atoms with Crippen LogP contribution in [-0.4, -0.2) is 22.5 Å². The van der Waals surface area contributed by atoms with E-state index < -0.39 is 0 Å². The van der Waals surface area contributed by atoms with E-state index in [0.717, 1.165) is 21.6 Å². The Labute approximate surface area is 118 Å². The molecule has 6 heteroatoms. The first-order chi connectivity index (χ1) is 9.24. The largest absolute Gasteiger partial charge is 0.492 e. The molecule has 1 aromatic carbocycles. The molecule has 0 bridgehead atoms. The number of ether oxygens (including phenoxy) is 1. The second-order valence-corrected chi connectivity index (χ2v) is 5.22. The number of fused-ring (bicyclic) bond motifs is 1. The van der Waals surface area contributed by atoms with Crippen LogP contribution in [0.25, 0.3) is 0 Å². The molecule has 0 saturated carbocycles. The van der Waals surface area contributed by atoms with Gasteiger partial charge in [0.05, 0.1) is 6.54 Å². The predicted molar refractivity (Wildman–Crippen MR) is 72.8 cm³/mol. The molecule has 3 rings (SSSR count). The van der Waals surface area contributed by atoms with Crippen LogP contribution in [0.5, 0.6) is 5.75 Å². The van der Waals surface area contributed by atoms with Gasteiger partial charge in [0.25, 0.3) is 0 Å². The molecule has 0 aliphatic carbocycles. The number of carbonyl (C=O) groups excluding carboxylic acids is 1. The van der Waals surface area contributed by atoms with E-state index in [9.17, 15) is 4.79 Å². The standard InChI is InChI=1S/C13H12BrN3O2/c14-8-1-2-11-9(5-8)10(7-19-11)13(18)17-6-12-15-3-4-16-12/h1-5,10H,6-7H2,(H,15,16)(H,17,18)/t10-/m1/s1. The fraction of sp³-hybridized carbons (Fsp3) is 0.231. The quantitative estimate of drug-likeness (QED) is 0.908. The molecule has 0 radical (unpaired) electrons. The molecule has 0 spiro atoms. The maximum absolute atomic E-state index is 12.2. The van der Waals surface area contributed by atoms with Crippen LogP contribution < -0.4 is 10.1 Å². The summed E-state index contributed by atoms with van der Waals surface area (Å²) in [5.41, 5.74) is 0.923. The van der Waals surface area contributed by atoms with Gasteiger partial charge in [-0.1, -0.05) is 15.9 Å². The topological polar surface area (TPSA) is 67.0 Å². The van der Waals surface area contributed by atoms with Crippen molar-refractivity contribution in [3.8, 4) is 5.75 Å². The van der Waals surface area contributed by atoms with Crippen molar-refractivity contribution in [1.82, 2.24) is 15.3 Å². The van der Waals surface area contributed by atoms with Crippen LogP contribution in [0.15, 0.2) is 35.1 Å². The summed E-state index contributed by atoms with van der Waals surface area (Å²) in [7, 11) is 0. The number of amides is 1. The highest BCUT2D eigenvalue weighted by atomic mass is 79.9. The average Bonchev–Trinajstić information content (AvgIpc) is 3.04. The van der Waals surface area contributed by atoms with Gasteiger partial charge in [-0.3, -0.25) is 4.79 Å². The van der Waals surface area contributed by atoms with Crippen LogP contribution >= 0.6 is 15.9 Å². The van der Waals surface area contributed by atoms with Crippen molar-refractivity contribution in [2.45, 2.75) is 12.5 Å². The van der Waals surface area contributed by atoms with Crippen molar-refractivity contribution in [3.05, 3.63) is 46.5 Å². The number of halogens is 1. The molecule has 0 fully saturated rings. The lowest BCUT2D eigenvalue weighted by atomic mass is 10.0. The number of aromatic nitrogens is 2. The first-order valence-electron chi connectivity index (χ1n) is 5.92. The number of aromatic amines is 1. The molecular weight excluding hydrogens is 310 g/mol. The van der Waals surface area contributed by atoms with Crippen molar-refractivity contribution in [2.75, 3.05) is 6.61 Å². The number of nitrogens with zero attached hydrogens (tertiary/aromatic N) is 1. The molecule has 1 aliphatic rings. The Morgan fingerprint density at radius 2 is 2.47 bits per heavy atom. The zero-order valence-corrected chi connectivity index (χ0v) is 11.6. The van der Waals surface area contributed by atoms with E-state index in [2.05, 4.69) is 31.2 Å². The molecule has 2 N–H and O–H groups in total. The lowest BCUT2D eigenvalue weighted by Gasteiger charge is -2.09. The SMILES string of the molecule is O=C(NCc1ncc[nH]1)[C@@H]1COc2ccc(Br)cc21. The molecule has 2 heterocycles. The van der Waals surface area contributed by atoms with Gasteiger partial charge in [-0.05, 0) is 18.2 Å². The first kappa shape index (κ1) is 12.2. The van der Waals surface area contributed by atoms with Gasteiger partial charge < -0.3 is 15.0 Å². The molecule has 19 heavy (non-hydrogen) atoms. The molecule has 2 aromatic rings. The van der Waals surface area contributed by atoms with E-state index in [4.69, 9.17) is 4.74 Å². The van der Waals surface area contributed by atoms with E-state index in [1.54, 1.807) is 12.4 Å². The van der Waals surface area contributed by atoms with E-state index in [1.165, 1.54) is 0 Å². The van der Waals surface area contributed by atoms with Gasteiger partial charge in [-0.15, -0.1) is 0 Å². The zero-order chi connectivity index (χ0) is 13.2. The van der Waals surface area contributed by atoms with Gasteiger partial charge in [0, 0.05) is 22.4 Å². The number of hydrogen-bond acceptors (Lipinski definition) is 3. The fourth-order valence-electron chi connectivity index (χ4n) is 2.09. The third kappa shape index (κ3) is 2.49. The molecule has 1 amide bonds. The van der Waals surface area contributed by atoms with E-state index in [0.29, 0.717) is 13.2 Å². The number of hydrogen-bond donors (Lipinski definition) is 2. The van der Waals surface area contributed by atoms with E-state index in [1.807, 2.05) is 18.2 Å². The minimum absolute atomic E-state index is 0.0479. The predicted octanol–water partition coefficient (Wildman–Crippen LogP) is 1.96. The molecule has 0 saturated heterocycles. The maximum Gasteiger partial charge on any atom is 0.231 e. The summed E-state index contributed by atoms with van der Waals surface area (Å²) in [5, 5.41) is 2.86. The highest BCUT2D eigenvalue weighted by Crippen LogP contribution is 2.35. The van der Waals surface area contributed by atoms with Crippen LogP contribution in [0.2, 0.25) is 0 Å². The monoisotopic (exact) mass is 321 g/mol. The summed E-state index contributed by atoms with van der Waals surface area (Å²) in [5.74, 6) is 1.21. The van der Waals surface area contributed by atoms with Gasteiger partial charge in [-0.25, -0.2) is 4.98 Å². The van der Waals surface area contributed by atoms with Gasteiger partial charge >= 0.3 is 0 Å². The molecule has 1 atom stereocenters. The van der Waals surface area contributed by atoms with Gasteiger partial charge in [0.15, 0.2) is 0 Å². The average molecular weight is 322 g/mol. The van der Waals surface area contributed by atoms with Crippen molar-refractivity contribution in [2.24, 2.45) is 0 Å². The first-order valence-corrected chi connectivity index (χ1v) is 6.71. The van der Waals surface area contributed by atoms with Crippen LogP contribution in [0.1, 0.15) is 17.3 Å². The molecule has 5 nitrogen and oxygen atoms in total. The number of rotatable bonds is 3. The minimum Gasteiger partial charge on any atom is -0.492 e. The summed E-state index contributed by atoms with van der Waals surface area (Å²) >= 11 is 3.41. The van der Waals surface area contributed by atoms with Gasteiger partial charge in [0.1, 0.15) is 24.1 Å². The molecule has 0 unspecified atom stereocenters. The number of imidazole rings is 1. The fourth-order valence-corrected chi connectivity index (χ4v) is 2.47. The maximum atomic E-state index is 12.2. The van der Waals surface area contributed by atoms with E-state index in [-0.39, 0.29) is 11.8 Å². The highest BCUT2D eigenvalue weighted by Gasteiger charge is 2.30. The zero-order valence-electron chi connectivity index (χ0n) is 10.0. The Hall–Kier alpha value is -1.82. The van der Waals surface area contributed by atoms with Crippen molar-refractivity contribution >= 4 is 21.8 Å². The highest BCUT2D eigenvalue weighted by molar-refractivity contribution is 9.10. The Bertz CT molecular complexity index is 598. The smallest absolute Gasteiger partial charge is 0.231 e. The molecule has 1 aliphatic heterocycles. The second-order valence-electron chi connectivity index (χ2n) is 4.30. The summed E-state index contributed by atoms with van der Waals surface area (Å²) in [6.45, 7) is 0.779. The Kier molecular flexibility index (Phi) is 3.25. The van der Waals surface area contributed by atoms with Crippen molar-refractivity contribution in [3.63, 3.8) is 0 Å². The Balaban J connectivity index is 1.71. The Morgan fingerprint density at radius 1 is 1.58 bits per heavy atom. The number of carbonyl (C=O) groups is 1. The summed E-state index contributed by atoms with van der Waals surface area (Å²) in [4.78, 5) is 19.2. The summed E-state index contributed by atoms with van der Waals surface area (Å²) in [6, 6.07) is 5.71. The summed E-state index contributed by atoms with van der Waals surface area (Å²) < 4.78 is 6.46. The molecule has 98 valence electrons. The number of H-pyrrole nitrogens is 1. The van der Waals surface area contributed by atoms with Crippen molar-refractivity contribution in [1.29, 1.82) is 0 Å². The third-order valence-corrected chi connectivity index (χ3v) is 3.55. The lowest BCUT2D eigenvalue weighted by molar-refractivity contribution is -0.122.